The van der Waals surface area contributed by atoms with E-state index in [1.807, 2.05) is 0 Å². The molecule has 28 heavy (non-hydrogen) atoms. The minimum Gasteiger partial charge on any atom is -0.503 e. The number of nitrogens with zero attached hydrogens (tertiary/aromatic N) is 1. The molecule has 0 unspecified atom stereocenters. The number of benzene rings is 2. The fraction of sp³-hybridized carbons (Fsp3) is 0.167. The number of ether oxygens (including phenoxy) is 1. The maximum atomic E-state index is 11.9. The van der Waals surface area contributed by atoms with Gasteiger partial charge >= 0.3 is 0 Å². The number of halogens is 3. The van der Waals surface area contributed by atoms with Crippen LogP contribution in [0.15, 0.2) is 35.4 Å². The van der Waals surface area contributed by atoms with E-state index in [0.717, 1.165) is 0 Å². The van der Waals surface area contributed by atoms with Crippen molar-refractivity contribution in [3.63, 3.8) is 0 Å². The van der Waals surface area contributed by atoms with E-state index in [-0.39, 0.29) is 26.6 Å². The largest absolute Gasteiger partial charge is 0.503 e. The summed E-state index contributed by atoms with van der Waals surface area (Å²) >= 11 is 17.8. The van der Waals surface area contributed by atoms with Gasteiger partial charge in [-0.1, -0.05) is 40.9 Å². The first kappa shape index (κ1) is 21.8. The Labute approximate surface area is 176 Å². The van der Waals surface area contributed by atoms with Gasteiger partial charge in [-0.2, -0.15) is 5.10 Å². The number of carbonyl (C=O) groups is 2. The number of phenols is 1. The fourth-order valence-electron chi connectivity index (χ4n) is 2.09. The summed E-state index contributed by atoms with van der Waals surface area (Å²) in [4.78, 5) is 23.8. The van der Waals surface area contributed by atoms with Gasteiger partial charge in [-0.3, -0.25) is 9.59 Å². The molecular formula is C18H16Cl3N3O4. The highest BCUT2D eigenvalue weighted by Gasteiger charge is 2.12. The van der Waals surface area contributed by atoms with Crippen LogP contribution in [0.2, 0.25) is 15.1 Å². The molecular weight excluding hydrogens is 429 g/mol. The molecule has 2 aromatic carbocycles. The lowest BCUT2D eigenvalue weighted by Gasteiger charge is -2.08. The summed E-state index contributed by atoms with van der Waals surface area (Å²) in [6.45, 7) is 2.10. The third-order valence-electron chi connectivity index (χ3n) is 3.30. The number of aromatic hydroxyl groups is 1. The summed E-state index contributed by atoms with van der Waals surface area (Å²) < 4.78 is 5.26. The van der Waals surface area contributed by atoms with Gasteiger partial charge in [0.05, 0.1) is 33.6 Å². The third-order valence-corrected chi connectivity index (χ3v) is 4.41. The van der Waals surface area contributed by atoms with E-state index in [9.17, 15) is 14.7 Å². The maximum absolute atomic E-state index is 11.9. The van der Waals surface area contributed by atoms with Gasteiger partial charge in [0.1, 0.15) is 6.42 Å². The number of hydrogen-bond acceptors (Lipinski definition) is 5. The molecule has 0 heterocycles. The number of phenolic OH excluding ortho intramolecular Hbond substituents is 1. The van der Waals surface area contributed by atoms with Crippen LogP contribution in [0.5, 0.6) is 11.5 Å². The summed E-state index contributed by atoms with van der Waals surface area (Å²) in [5.74, 6) is -1.20. The summed E-state index contributed by atoms with van der Waals surface area (Å²) in [6, 6.07) is 7.71. The second-order valence-electron chi connectivity index (χ2n) is 5.40. The van der Waals surface area contributed by atoms with Gasteiger partial charge in [0.2, 0.25) is 11.8 Å². The second kappa shape index (κ2) is 10.2. The molecule has 0 radical (unpaired) electrons. The molecule has 2 rings (SSSR count). The summed E-state index contributed by atoms with van der Waals surface area (Å²) in [6.07, 6.45) is 0.832. The molecule has 148 valence electrons. The van der Waals surface area contributed by atoms with Gasteiger partial charge in [-0.15, -0.1) is 0 Å². The molecule has 2 aromatic rings. The number of rotatable bonds is 7. The fourth-order valence-corrected chi connectivity index (χ4v) is 2.66. The van der Waals surface area contributed by atoms with Crippen LogP contribution in [0, 0.1) is 0 Å². The van der Waals surface area contributed by atoms with E-state index in [0.29, 0.717) is 17.9 Å². The predicted molar refractivity (Wildman–Crippen MR) is 110 cm³/mol. The quantitative estimate of drug-likeness (QED) is 0.338. The molecule has 0 aliphatic rings. The van der Waals surface area contributed by atoms with Crippen LogP contribution < -0.4 is 15.5 Å². The van der Waals surface area contributed by atoms with Crippen LogP contribution in [-0.4, -0.2) is 29.7 Å². The van der Waals surface area contributed by atoms with Gasteiger partial charge in [0.25, 0.3) is 0 Å². The third kappa shape index (κ3) is 6.02. The first-order valence-electron chi connectivity index (χ1n) is 8.03. The molecule has 0 aromatic heterocycles. The van der Waals surface area contributed by atoms with Crippen LogP contribution >= 0.6 is 34.8 Å². The smallest absolute Gasteiger partial charge is 0.249 e. The molecule has 0 aliphatic heterocycles. The minimum absolute atomic E-state index is 0.0801. The Hall–Kier alpha value is -2.48. The summed E-state index contributed by atoms with van der Waals surface area (Å²) in [5, 5.41) is 16.6. The Kier molecular flexibility index (Phi) is 7.92. The zero-order valence-electron chi connectivity index (χ0n) is 14.6. The average Bonchev–Trinajstić information content (AvgIpc) is 2.63. The predicted octanol–water partition coefficient (Wildman–Crippen LogP) is 4.23. The van der Waals surface area contributed by atoms with E-state index in [4.69, 9.17) is 39.5 Å². The average molecular weight is 445 g/mol. The highest BCUT2D eigenvalue weighted by molar-refractivity contribution is 6.44. The Morgan fingerprint density at radius 2 is 1.93 bits per heavy atom. The van der Waals surface area contributed by atoms with Crippen LogP contribution in [0.1, 0.15) is 18.9 Å². The van der Waals surface area contributed by atoms with Crippen LogP contribution in [0.4, 0.5) is 5.69 Å². The Balaban J connectivity index is 1.93. The van der Waals surface area contributed by atoms with Gasteiger partial charge in [-0.25, -0.2) is 5.43 Å². The zero-order valence-corrected chi connectivity index (χ0v) is 16.9. The van der Waals surface area contributed by atoms with E-state index in [1.54, 1.807) is 25.1 Å². The maximum Gasteiger partial charge on any atom is 0.249 e. The SMILES string of the molecule is CCOc1cc(/C=N/NC(=O)CC(=O)Nc2cccc(Cl)c2Cl)cc(Cl)c1O. The lowest BCUT2D eigenvalue weighted by molar-refractivity contribution is -0.126. The van der Waals surface area contributed by atoms with Crippen LogP contribution in [0.3, 0.4) is 0 Å². The minimum atomic E-state index is -0.637. The Morgan fingerprint density at radius 1 is 1.18 bits per heavy atom. The lowest BCUT2D eigenvalue weighted by Crippen LogP contribution is -2.24. The molecule has 3 N–H and O–H groups in total. The van der Waals surface area contributed by atoms with Crippen LogP contribution in [-0.2, 0) is 9.59 Å². The molecule has 0 atom stereocenters. The van der Waals surface area contributed by atoms with Crippen molar-refractivity contribution in [2.24, 2.45) is 5.10 Å². The van der Waals surface area contributed by atoms with Crippen molar-refractivity contribution in [3.05, 3.63) is 51.0 Å². The van der Waals surface area contributed by atoms with E-state index in [2.05, 4.69) is 15.8 Å². The summed E-state index contributed by atoms with van der Waals surface area (Å²) in [7, 11) is 0. The highest BCUT2D eigenvalue weighted by atomic mass is 35.5. The topological polar surface area (TPSA) is 100 Å². The number of hydrazone groups is 1. The van der Waals surface area contributed by atoms with E-state index < -0.39 is 18.2 Å². The molecule has 7 nitrogen and oxygen atoms in total. The number of nitrogens with one attached hydrogen (secondary N) is 2. The van der Waals surface area contributed by atoms with Crippen molar-refractivity contribution in [3.8, 4) is 11.5 Å². The molecule has 0 bridgehead atoms. The Bertz CT molecular complexity index is 919. The van der Waals surface area contributed by atoms with Gasteiger partial charge in [0.15, 0.2) is 11.5 Å². The van der Waals surface area contributed by atoms with Crippen molar-refractivity contribution in [2.45, 2.75) is 13.3 Å². The van der Waals surface area contributed by atoms with Crippen molar-refractivity contribution in [1.82, 2.24) is 5.43 Å². The van der Waals surface area contributed by atoms with Crippen molar-refractivity contribution < 1.29 is 19.4 Å². The first-order valence-corrected chi connectivity index (χ1v) is 9.16. The first-order chi connectivity index (χ1) is 13.3. The normalized spacial score (nSPS) is 10.7. The van der Waals surface area contributed by atoms with Gasteiger partial charge in [-0.05, 0) is 36.8 Å². The molecule has 0 saturated carbocycles. The zero-order chi connectivity index (χ0) is 20.7. The molecule has 0 aliphatic carbocycles. The molecule has 0 spiro atoms. The molecule has 10 heteroatoms. The van der Waals surface area contributed by atoms with Crippen LogP contribution in [0.25, 0.3) is 0 Å². The monoisotopic (exact) mass is 443 g/mol. The number of amides is 2. The number of anilines is 1. The van der Waals surface area contributed by atoms with E-state index >= 15 is 0 Å². The van der Waals surface area contributed by atoms with Crippen molar-refractivity contribution >= 4 is 58.5 Å². The van der Waals surface area contributed by atoms with Gasteiger partial charge < -0.3 is 15.2 Å². The Morgan fingerprint density at radius 3 is 2.64 bits per heavy atom. The molecule has 0 fully saturated rings. The standard InChI is InChI=1S/C18H16Cl3N3O4/c1-2-28-14-7-10(6-12(20)18(14)27)9-22-24-16(26)8-15(25)23-13-5-3-4-11(19)17(13)21/h3-7,9,27H,2,8H2,1H3,(H,23,25)(H,24,26)/b22-9+. The second-order valence-corrected chi connectivity index (χ2v) is 6.59. The lowest BCUT2D eigenvalue weighted by atomic mass is 10.2. The molecule has 2 amide bonds. The van der Waals surface area contributed by atoms with Crippen molar-refractivity contribution in [1.29, 1.82) is 0 Å². The summed E-state index contributed by atoms with van der Waals surface area (Å²) in [5.41, 5.74) is 3.01. The number of hydrogen-bond donors (Lipinski definition) is 3. The van der Waals surface area contributed by atoms with Crippen molar-refractivity contribution in [2.75, 3.05) is 11.9 Å². The van der Waals surface area contributed by atoms with E-state index in [1.165, 1.54) is 18.3 Å². The highest BCUT2D eigenvalue weighted by Crippen LogP contribution is 2.34. The van der Waals surface area contributed by atoms with Gasteiger partial charge in [0, 0.05) is 0 Å². The number of carbonyl (C=O) groups excluding carboxylic acids is 2. The molecule has 0 saturated heterocycles.